The topological polar surface area (TPSA) is 117 Å². The van der Waals surface area contributed by atoms with Gasteiger partial charge in [-0.15, -0.1) is 0 Å². The lowest BCUT2D eigenvalue weighted by atomic mass is 10.2. The van der Waals surface area contributed by atoms with E-state index in [0.717, 1.165) is 17.0 Å². The highest BCUT2D eigenvalue weighted by Gasteiger charge is 2.26. The Morgan fingerprint density at radius 2 is 2.07 bits per heavy atom. The van der Waals surface area contributed by atoms with Gasteiger partial charge < -0.3 is 10.1 Å². The van der Waals surface area contributed by atoms with Gasteiger partial charge in [-0.1, -0.05) is 12.1 Å². The summed E-state index contributed by atoms with van der Waals surface area (Å²) in [6, 6.07) is 7.61. The summed E-state index contributed by atoms with van der Waals surface area (Å²) in [4.78, 5) is 23.1. The van der Waals surface area contributed by atoms with Crippen LogP contribution < -0.4 is 10.1 Å². The van der Waals surface area contributed by atoms with Gasteiger partial charge in [0.25, 0.3) is 5.91 Å². The smallest absolute Gasteiger partial charge is 0.320 e. The normalized spacial score (nSPS) is 10.7. The number of ether oxygens (including phenoxy) is 1. The molecule has 2 heterocycles. The van der Waals surface area contributed by atoms with Crippen molar-refractivity contribution in [3.8, 4) is 5.75 Å². The zero-order valence-corrected chi connectivity index (χ0v) is 16.0. The van der Waals surface area contributed by atoms with Crippen LogP contribution in [0.3, 0.4) is 0 Å². The van der Waals surface area contributed by atoms with Crippen LogP contribution in [0.1, 0.15) is 27.4 Å². The van der Waals surface area contributed by atoms with Crippen LogP contribution in [0.4, 0.5) is 11.4 Å². The molecule has 1 N–H and O–H groups in total. The highest BCUT2D eigenvalue weighted by molar-refractivity contribution is 6.06. The predicted octanol–water partition coefficient (Wildman–Crippen LogP) is 2.45. The van der Waals surface area contributed by atoms with Crippen molar-refractivity contribution in [2.75, 3.05) is 12.4 Å². The van der Waals surface area contributed by atoms with E-state index in [9.17, 15) is 14.9 Å². The van der Waals surface area contributed by atoms with Crippen LogP contribution >= 0.6 is 0 Å². The van der Waals surface area contributed by atoms with E-state index >= 15 is 0 Å². The molecule has 0 aliphatic rings. The lowest BCUT2D eigenvalue weighted by Crippen LogP contribution is -2.15. The third-order valence-electron chi connectivity index (χ3n) is 4.31. The Labute approximate surface area is 160 Å². The summed E-state index contributed by atoms with van der Waals surface area (Å²) in [7, 11) is 3.12. The van der Waals surface area contributed by atoms with Crippen molar-refractivity contribution in [3.63, 3.8) is 0 Å². The lowest BCUT2D eigenvalue weighted by molar-refractivity contribution is -0.385. The summed E-state index contributed by atoms with van der Waals surface area (Å²) in [5.41, 5.74) is 2.24. The molecule has 0 bridgehead atoms. The number of aromatic nitrogens is 4. The number of nitrogens with one attached hydrogen (secondary N) is 1. The first kappa shape index (κ1) is 19.1. The average molecular weight is 384 g/mol. The Morgan fingerprint density at radius 3 is 2.75 bits per heavy atom. The van der Waals surface area contributed by atoms with Crippen LogP contribution in [0, 0.1) is 24.0 Å². The predicted molar refractivity (Wildman–Crippen MR) is 102 cm³/mol. The fourth-order valence-electron chi connectivity index (χ4n) is 2.92. The van der Waals surface area contributed by atoms with Crippen molar-refractivity contribution in [1.29, 1.82) is 0 Å². The van der Waals surface area contributed by atoms with Gasteiger partial charge >= 0.3 is 5.69 Å². The van der Waals surface area contributed by atoms with E-state index in [4.69, 9.17) is 4.74 Å². The maximum absolute atomic E-state index is 12.6. The van der Waals surface area contributed by atoms with Crippen molar-refractivity contribution < 1.29 is 14.5 Å². The van der Waals surface area contributed by atoms with E-state index in [-0.39, 0.29) is 11.4 Å². The summed E-state index contributed by atoms with van der Waals surface area (Å²) in [6.07, 6.45) is 1.20. The fraction of sp³-hybridized carbons (Fsp3) is 0.278. The van der Waals surface area contributed by atoms with Crippen molar-refractivity contribution in [2.45, 2.75) is 20.4 Å². The molecular formula is C18H20N6O4. The number of hydrogen-bond acceptors (Lipinski definition) is 6. The van der Waals surface area contributed by atoms with Gasteiger partial charge in [0.05, 0.1) is 35.7 Å². The van der Waals surface area contributed by atoms with E-state index in [1.807, 2.05) is 31.2 Å². The van der Waals surface area contributed by atoms with Crippen molar-refractivity contribution in [2.24, 2.45) is 7.05 Å². The minimum Gasteiger partial charge on any atom is -0.497 e. The maximum Gasteiger partial charge on any atom is 0.320 e. The van der Waals surface area contributed by atoms with Crippen LogP contribution in [0.25, 0.3) is 0 Å². The molecular weight excluding hydrogens is 364 g/mol. The molecule has 1 aromatic carbocycles. The number of carbonyl (C=O) groups excluding carboxylic acids is 1. The second-order valence-electron chi connectivity index (χ2n) is 6.30. The van der Waals surface area contributed by atoms with Crippen molar-refractivity contribution in [3.05, 3.63) is 63.2 Å². The lowest BCUT2D eigenvalue weighted by Gasteiger charge is -2.08. The monoisotopic (exact) mass is 384 g/mol. The third-order valence-corrected chi connectivity index (χ3v) is 4.31. The van der Waals surface area contributed by atoms with Gasteiger partial charge in [0.2, 0.25) is 5.69 Å². The molecule has 10 nitrogen and oxygen atoms in total. The van der Waals surface area contributed by atoms with Crippen LogP contribution in [0.15, 0.2) is 30.5 Å². The number of anilines is 1. The van der Waals surface area contributed by atoms with Crippen LogP contribution in [-0.2, 0) is 13.6 Å². The van der Waals surface area contributed by atoms with E-state index in [2.05, 4.69) is 15.5 Å². The Morgan fingerprint density at radius 1 is 1.32 bits per heavy atom. The first-order valence-corrected chi connectivity index (χ1v) is 8.46. The summed E-state index contributed by atoms with van der Waals surface area (Å²) < 4.78 is 8.23. The van der Waals surface area contributed by atoms with Crippen LogP contribution in [0.2, 0.25) is 0 Å². The average Bonchev–Trinajstić information content (AvgIpc) is 3.17. The number of methoxy groups -OCH3 is 1. The molecule has 146 valence electrons. The second kappa shape index (κ2) is 7.51. The number of rotatable bonds is 6. The Hall–Kier alpha value is -3.69. The number of carbonyl (C=O) groups is 1. The fourth-order valence-corrected chi connectivity index (χ4v) is 2.92. The van der Waals surface area contributed by atoms with Gasteiger partial charge in [-0.05, 0) is 31.5 Å². The van der Waals surface area contributed by atoms with E-state index < -0.39 is 10.8 Å². The maximum atomic E-state index is 12.6. The van der Waals surface area contributed by atoms with Gasteiger partial charge in [-0.25, -0.2) is 0 Å². The zero-order valence-electron chi connectivity index (χ0n) is 16.0. The van der Waals surface area contributed by atoms with Crippen LogP contribution in [-0.4, -0.2) is 37.5 Å². The van der Waals surface area contributed by atoms with Crippen molar-refractivity contribution >= 4 is 17.3 Å². The first-order valence-electron chi connectivity index (χ1n) is 8.46. The number of aryl methyl sites for hydroxylation is 2. The Kier molecular flexibility index (Phi) is 5.12. The Bertz CT molecular complexity index is 1050. The SMILES string of the molecule is COc1cccc(Cn2nc(C)c(NC(=O)c3nn(C)cc3[N+](=O)[O-])c2C)c1. The number of benzene rings is 1. The second-order valence-corrected chi connectivity index (χ2v) is 6.30. The van der Waals surface area contributed by atoms with Crippen LogP contribution in [0.5, 0.6) is 5.75 Å². The summed E-state index contributed by atoms with van der Waals surface area (Å²) in [6.45, 7) is 4.07. The number of hydrogen-bond donors (Lipinski definition) is 1. The molecule has 0 radical (unpaired) electrons. The quantitative estimate of drug-likeness (QED) is 0.515. The summed E-state index contributed by atoms with van der Waals surface area (Å²) >= 11 is 0. The minimum absolute atomic E-state index is 0.244. The molecule has 10 heteroatoms. The highest BCUT2D eigenvalue weighted by atomic mass is 16.6. The molecule has 3 rings (SSSR count). The van der Waals surface area contributed by atoms with Gasteiger partial charge in [0.15, 0.2) is 0 Å². The molecule has 0 aliphatic heterocycles. The molecule has 0 saturated carbocycles. The molecule has 1 amide bonds. The largest absolute Gasteiger partial charge is 0.497 e. The number of amides is 1. The zero-order chi connectivity index (χ0) is 20.4. The summed E-state index contributed by atoms with van der Waals surface area (Å²) in [5.74, 6) is 0.0921. The van der Waals surface area contributed by atoms with E-state index in [1.165, 1.54) is 17.9 Å². The minimum atomic E-state index is -0.653. The molecule has 0 saturated heterocycles. The van der Waals surface area contributed by atoms with E-state index in [0.29, 0.717) is 17.9 Å². The molecule has 0 unspecified atom stereocenters. The van der Waals surface area contributed by atoms with Crippen molar-refractivity contribution in [1.82, 2.24) is 19.6 Å². The molecule has 28 heavy (non-hydrogen) atoms. The number of nitro groups is 1. The van der Waals surface area contributed by atoms with Gasteiger partial charge in [0, 0.05) is 7.05 Å². The summed E-state index contributed by atoms with van der Waals surface area (Å²) in [5, 5.41) is 22.2. The molecule has 0 fully saturated rings. The number of nitrogens with zero attached hydrogens (tertiary/aromatic N) is 5. The standard InChI is InChI=1S/C18H20N6O4/c1-11-16(19-18(25)17-15(24(26)27)10-22(3)21-17)12(2)23(20-11)9-13-6-5-7-14(8-13)28-4/h5-8,10H,9H2,1-4H3,(H,19,25). The van der Waals surface area contributed by atoms with Gasteiger partial charge in [-0.3, -0.25) is 24.3 Å². The highest BCUT2D eigenvalue weighted by Crippen LogP contribution is 2.24. The molecule has 0 aliphatic carbocycles. The van der Waals surface area contributed by atoms with E-state index in [1.54, 1.807) is 18.7 Å². The molecule has 3 aromatic rings. The third kappa shape index (κ3) is 3.70. The molecule has 0 spiro atoms. The van der Waals surface area contributed by atoms with Gasteiger partial charge in [0.1, 0.15) is 11.9 Å². The first-order chi connectivity index (χ1) is 13.3. The Balaban J connectivity index is 1.86. The van der Waals surface area contributed by atoms with Gasteiger partial charge in [-0.2, -0.15) is 10.2 Å². The molecule has 2 aromatic heterocycles. The molecule has 0 atom stereocenters.